The number of halogens is 1. The van der Waals surface area contributed by atoms with E-state index in [1.165, 1.54) is 11.6 Å². The third-order valence-corrected chi connectivity index (χ3v) is 5.75. The van der Waals surface area contributed by atoms with Gasteiger partial charge in [0.05, 0.1) is 26.5 Å². The highest BCUT2D eigenvalue weighted by molar-refractivity contribution is 5.91. The zero-order valence-corrected chi connectivity index (χ0v) is 17.7. The number of nitrogens with one attached hydrogen (secondary N) is 2. The second-order valence-corrected chi connectivity index (χ2v) is 7.61. The SMILES string of the molecule is COc1cc2c(cc1OC)[C@@H](c1ccccc1)[NH+](CC(=O)Nc1ccccc1F)CC2. The minimum absolute atomic E-state index is 0.0453. The Labute approximate surface area is 181 Å². The zero-order valence-electron chi connectivity index (χ0n) is 17.7. The third kappa shape index (κ3) is 4.39. The third-order valence-electron chi connectivity index (χ3n) is 5.75. The van der Waals surface area contributed by atoms with Crippen LogP contribution in [0.4, 0.5) is 10.1 Å². The molecule has 5 nitrogen and oxygen atoms in total. The van der Waals surface area contributed by atoms with Crippen LogP contribution in [0.5, 0.6) is 11.5 Å². The highest BCUT2D eigenvalue weighted by atomic mass is 19.1. The smallest absolute Gasteiger partial charge is 0.279 e. The maximum absolute atomic E-state index is 14.0. The van der Waals surface area contributed by atoms with Crippen molar-refractivity contribution in [2.45, 2.75) is 12.5 Å². The van der Waals surface area contributed by atoms with Gasteiger partial charge in [0, 0.05) is 17.5 Å². The summed E-state index contributed by atoms with van der Waals surface area (Å²) in [5, 5.41) is 2.71. The number of quaternary nitrogens is 1. The Morgan fingerprint density at radius 1 is 1.03 bits per heavy atom. The molecule has 0 fully saturated rings. The number of hydrogen-bond acceptors (Lipinski definition) is 3. The van der Waals surface area contributed by atoms with Crippen molar-refractivity contribution in [2.75, 3.05) is 32.6 Å². The minimum atomic E-state index is -0.439. The second kappa shape index (κ2) is 9.18. The molecular weight excluding hydrogens is 395 g/mol. The van der Waals surface area contributed by atoms with Crippen molar-refractivity contribution in [3.05, 3.63) is 89.2 Å². The molecule has 1 aliphatic heterocycles. The summed E-state index contributed by atoms with van der Waals surface area (Å²) in [4.78, 5) is 13.9. The Morgan fingerprint density at radius 2 is 1.71 bits per heavy atom. The standard InChI is InChI=1S/C25H25FN2O3/c1-30-22-14-18-12-13-28(16-24(29)27-21-11-7-6-10-20(21)26)25(17-8-4-3-5-9-17)19(18)15-23(22)31-2/h3-11,14-15,25H,12-13,16H2,1-2H3,(H,27,29)/p+1/t25-/m1/s1. The predicted octanol–water partition coefficient (Wildman–Crippen LogP) is 3.01. The number of carbonyl (C=O) groups is 1. The molecule has 31 heavy (non-hydrogen) atoms. The van der Waals surface area contributed by atoms with Gasteiger partial charge in [0.25, 0.3) is 5.91 Å². The van der Waals surface area contributed by atoms with Gasteiger partial charge in [0.15, 0.2) is 18.0 Å². The lowest BCUT2D eigenvalue weighted by atomic mass is 9.87. The lowest BCUT2D eigenvalue weighted by Gasteiger charge is -2.34. The van der Waals surface area contributed by atoms with Gasteiger partial charge in [-0.05, 0) is 29.8 Å². The van der Waals surface area contributed by atoms with Gasteiger partial charge in [-0.2, -0.15) is 0 Å². The van der Waals surface area contributed by atoms with E-state index in [2.05, 4.69) is 17.4 Å². The number of rotatable bonds is 6. The molecule has 0 radical (unpaired) electrons. The van der Waals surface area contributed by atoms with Crippen molar-refractivity contribution < 1.29 is 23.6 Å². The van der Waals surface area contributed by atoms with E-state index in [0.29, 0.717) is 11.5 Å². The summed E-state index contributed by atoms with van der Waals surface area (Å²) in [6, 6.07) is 20.3. The second-order valence-electron chi connectivity index (χ2n) is 7.61. The summed E-state index contributed by atoms with van der Waals surface area (Å²) in [5.41, 5.74) is 3.62. The average Bonchev–Trinajstić information content (AvgIpc) is 2.80. The molecule has 0 aliphatic carbocycles. The van der Waals surface area contributed by atoms with E-state index in [9.17, 15) is 9.18 Å². The van der Waals surface area contributed by atoms with Gasteiger partial charge < -0.3 is 19.7 Å². The molecule has 6 heteroatoms. The molecule has 0 aromatic heterocycles. The van der Waals surface area contributed by atoms with Crippen LogP contribution >= 0.6 is 0 Å². The van der Waals surface area contributed by atoms with Crippen molar-refractivity contribution in [3.63, 3.8) is 0 Å². The first-order valence-corrected chi connectivity index (χ1v) is 10.3. The van der Waals surface area contributed by atoms with Crippen molar-refractivity contribution in [1.29, 1.82) is 0 Å². The number of para-hydroxylation sites is 1. The Bertz CT molecular complexity index is 1070. The van der Waals surface area contributed by atoms with Gasteiger partial charge in [-0.3, -0.25) is 4.79 Å². The summed E-state index contributed by atoms with van der Waals surface area (Å²) in [6.45, 7) is 0.994. The molecule has 3 aromatic rings. The predicted molar refractivity (Wildman–Crippen MR) is 117 cm³/mol. The minimum Gasteiger partial charge on any atom is -0.493 e. The number of anilines is 1. The number of ether oxygens (including phenoxy) is 2. The molecule has 4 rings (SSSR count). The van der Waals surface area contributed by atoms with Crippen LogP contribution in [0.3, 0.4) is 0 Å². The van der Waals surface area contributed by atoms with Crippen LogP contribution < -0.4 is 19.7 Å². The van der Waals surface area contributed by atoms with Crippen molar-refractivity contribution in [2.24, 2.45) is 0 Å². The summed E-state index contributed by atoms with van der Waals surface area (Å²) < 4.78 is 25.0. The zero-order chi connectivity index (χ0) is 21.8. The largest absolute Gasteiger partial charge is 0.493 e. The molecule has 1 unspecified atom stereocenters. The number of carbonyl (C=O) groups excluding carboxylic acids is 1. The lowest BCUT2D eigenvalue weighted by molar-refractivity contribution is -0.919. The van der Waals surface area contributed by atoms with Gasteiger partial charge in [0.1, 0.15) is 11.9 Å². The van der Waals surface area contributed by atoms with Crippen LogP contribution in [0.2, 0.25) is 0 Å². The first kappa shape index (κ1) is 20.9. The number of amides is 1. The van der Waals surface area contributed by atoms with Gasteiger partial charge in [-0.15, -0.1) is 0 Å². The molecule has 2 N–H and O–H groups in total. The first-order valence-electron chi connectivity index (χ1n) is 10.3. The van der Waals surface area contributed by atoms with E-state index in [-0.39, 0.29) is 24.2 Å². The summed E-state index contributed by atoms with van der Waals surface area (Å²) in [6.07, 6.45) is 0.807. The molecule has 0 saturated carbocycles. The Balaban J connectivity index is 1.66. The van der Waals surface area contributed by atoms with Gasteiger partial charge in [-0.1, -0.05) is 42.5 Å². The topological polar surface area (TPSA) is 52.0 Å². The van der Waals surface area contributed by atoms with Gasteiger partial charge >= 0.3 is 0 Å². The summed E-state index contributed by atoms with van der Waals surface area (Å²) >= 11 is 0. The van der Waals surface area contributed by atoms with E-state index >= 15 is 0 Å². The highest BCUT2D eigenvalue weighted by Gasteiger charge is 2.35. The normalized spacial score (nSPS) is 17.5. The fourth-order valence-corrected chi connectivity index (χ4v) is 4.30. The molecule has 160 valence electrons. The average molecular weight is 421 g/mol. The van der Waals surface area contributed by atoms with Crippen LogP contribution in [-0.4, -0.2) is 33.2 Å². The highest BCUT2D eigenvalue weighted by Crippen LogP contribution is 2.36. The molecule has 1 aliphatic rings. The van der Waals surface area contributed by atoms with Gasteiger partial charge in [-0.25, -0.2) is 4.39 Å². The van der Waals surface area contributed by atoms with E-state index in [0.717, 1.165) is 29.0 Å². The quantitative estimate of drug-likeness (QED) is 0.643. The maximum atomic E-state index is 14.0. The molecule has 0 bridgehead atoms. The first-order chi connectivity index (χ1) is 15.1. The Morgan fingerprint density at radius 3 is 2.42 bits per heavy atom. The van der Waals surface area contributed by atoms with Crippen LogP contribution in [-0.2, 0) is 11.2 Å². The number of fused-ring (bicyclic) bond motifs is 1. The van der Waals surface area contributed by atoms with Gasteiger partial charge in [0.2, 0.25) is 0 Å². The van der Waals surface area contributed by atoms with Crippen LogP contribution in [0.25, 0.3) is 0 Å². The molecule has 1 amide bonds. The maximum Gasteiger partial charge on any atom is 0.279 e. The lowest BCUT2D eigenvalue weighted by Crippen LogP contribution is -3.14. The van der Waals surface area contributed by atoms with E-state index in [1.54, 1.807) is 32.4 Å². The van der Waals surface area contributed by atoms with E-state index in [1.807, 2.05) is 30.3 Å². The van der Waals surface area contributed by atoms with Crippen molar-refractivity contribution in [1.82, 2.24) is 0 Å². The Kier molecular flexibility index (Phi) is 6.18. The molecule has 0 saturated heterocycles. The number of benzene rings is 3. The number of methoxy groups -OCH3 is 2. The Hall–Kier alpha value is -3.38. The molecule has 1 heterocycles. The fraction of sp³-hybridized carbons (Fsp3) is 0.240. The number of hydrogen-bond donors (Lipinski definition) is 2. The van der Waals surface area contributed by atoms with Crippen molar-refractivity contribution >= 4 is 11.6 Å². The fourth-order valence-electron chi connectivity index (χ4n) is 4.30. The van der Waals surface area contributed by atoms with Crippen LogP contribution in [0.1, 0.15) is 22.7 Å². The molecule has 2 atom stereocenters. The molecule has 0 spiro atoms. The molecule has 3 aromatic carbocycles. The monoisotopic (exact) mass is 421 g/mol. The molecular formula is C25H26FN2O3+. The van der Waals surface area contributed by atoms with E-state index < -0.39 is 5.82 Å². The van der Waals surface area contributed by atoms with E-state index in [4.69, 9.17) is 9.47 Å². The van der Waals surface area contributed by atoms with Crippen molar-refractivity contribution in [3.8, 4) is 11.5 Å². The van der Waals surface area contributed by atoms with Crippen LogP contribution in [0.15, 0.2) is 66.7 Å². The summed E-state index contributed by atoms with van der Waals surface area (Å²) in [5.74, 6) is 0.712. The van der Waals surface area contributed by atoms with Crippen LogP contribution in [0, 0.1) is 5.82 Å². The summed E-state index contributed by atoms with van der Waals surface area (Å²) in [7, 11) is 3.25.